The first kappa shape index (κ1) is 13.4. The zero-order valence-corrected chi connectivity index (χ0v) is 11.7. The summed E-state index contributed by atoms with van der Waals surface area (Å²) < 4.78 is 5.93. The maximum Gasteiger partial charge on any atom is 0.219 e. The van der Waals surface area contributed by atoms with Crippen molar-refractivity contribution in [3.05, 3.63) is 29.3 Å². The van der Waals surface area contributed by atoms with Crippen LogP contribution in [0.5, 0.6) is 5.75 Å². The van der Waals surface area contributed by atoms with E-state index in [-0.39, 0.29) is 17.6 Å². The lowest BCUT2D eigenvalue weighted by atomic mass is 9.88. The first-order valence-corrected chi connectivity index (χ1v) is 6.30. The van der Waals surface area contributed by atoms with Crippen LogP contribution in [0.15, 0.2) is 18.2 Å². The number of nitriles is 1. The van der Waals surface area contributed by atoms with E-state index in [0.29, 0.717) is 12.0 Å². The molecule has 19 heavy (non-hydrogen) atoms. The Kier molecular flexibility index (Phi) is 3.23. The number of ether oxygens (including phenoxy) is 1. The Bertz CT molecular complexity index is 558. The van der Waals surface area contributed by atoms with Crippen molar-refractivity contribution in [3.63, 3.8) is 0 Å². The van der Waals surface area contributed by atoms with Gasteiger partial charge in [-0.05, 0) is 32.0 Å². The fourth-order valence-electron chi connectivity index (χ4n) is 2.45. The maximum absolute atomic E-state index is 11.6. The Morgan fingerprint density at radius 3 is 2.79 bits per heavy atom. The molecule has 0 saturated heterocycles. The molecule has 1 amide bonds. The number of carbonyl (C=O) groups is 1. The van der Waals surface area contributed by atoms with Gasteiger partial charge in [-0.25, -0.2) is 0 Å². The highest BCUT2D eigenvalue weighted by Crippen LogP contribution is 2.42. The summed E-state index contributed by atoms with van der Waals surface area (Å²) >= 11 is 0. The standard InChI is InChI=1S/C15H18N2O2/c1-10(18)17(4)13-8-15(2,3)19-14-6-5-11(9-16)7-12(13)14/h5-7,13H,8H2,1-4H3. The molecule has 1 aliphatic heterocycles. The second kappa shape index (κ2) is 4.58. The monoisotopic (exact) mass is 258 g/mol. The number of rotatable bonds is 1. The number of hydrogen-bond donors (Lipinski definition) is 0. The van der Waals surface area contributed by atoms with Crippen molar-refractivity contribution in [2.24, 2.45) is 0 Å². The molecule has 4 nitrogen and oxygen atoms in total. The van der Waals surface area contributed by atoms with E-state index in [1.54, 1.807) is 24.9 Å². The van der Waals surface area contributed by atoms with Crippen LogP contribution in [-0.4, -0.2) is 23.5 Å². The van der Waals surface area contributed by atoms with Crippen LogP contribution in [0.1, 0.15) is 44.4 Å². The molecule has 1 unspecified atom stereocenters. The lowest BCUT2D eigenvalue weighted by Crippen LogP contribution is -2.41. The molecule has 0 radical (unpaired) electrons. The van der Waals surface area contributed by atoms with Crippen molar-refractivity contribution in [1.82, 2.24) is 4.90 Å². The van der Waals surface area contributed by atoms with Gasteiger partial charge in [0.25, 0.3) is 0 Å². The lowest BCUT2D eigenvalue weighted by Gasteiger charge is -2.41. The molecule has 0 aromatic heterocycles. The Morgan fingerprint density at radius 2 is 2.21 bits per heavy atom. The van der Waals surface area contributed by atoms with Crippen LogP contribution in [-0.2, 0) is 4.79 Å². The Morgan fingerprint density at radius 1 is 1.53 bits per heavy atom. The molecule has 0 saturated carbocycles. The van der Waals surface area contributed by atoms with Gasteiger partial charge in [-0.2, -0.15) is 5.26 Å². The molecule has 0 fully saturated rings. The van der Waals surface area contributed by atoms with E-state index in [4.69, 9.17) is 10.00 Å². The number of nitrogens with zero attached hydrogens (tertiary/aromatic N) is 2. The van der Waals surface area contributed by atoms with E-state index in [9.17, 15) is 4.79 Å². The van der Waals surface area contributed by atoms with Gasteiger partial charge in [0.05, 0.1) is 17.7 Å². The zero-order chi connectivity index (χ0) is 14.2. The van der Waals surface area contributed by atoms with Crippen molar-refractivity contribution in [1.29, 1.82) is 5.26 Å². The average molecular weight is 258 g/mol. The minimum absolute atomic E-state index is 0.0102. The predicted octanol–water partition coefficient (Wildman–Crippen LogP) is 2.64. The average Bonchev–Trinajstić information content (AvgIpc) is 2.35. The topological polar surface area (TPSA) is 53.3 Å². The van der Waals surface area contributed by atoms with Gasteiger partial charge in [-0.3, -0.25) is 4.79 Å². The number of carbonyl (C=O) groups excluding carboxylic acids is 1. The molecule has 0 aliphatic carbocycles. The van der Waals surface area contributed by atoms with Crippen molar-refractivity contribution < 1.29 is 9.53 Å². The van der Waals surface area contributed by atoms with Crippen LogP contribution in [0.3, 0.4) is 0 Å². The van der Waals surface area contributed by atoms with E-state index in [0.717, 1.165) is 11.3 Å². The van der Waals surface area contributed by atoms with Gasteiger partial charge in [0.2, 0.25) is 5.91 Å². The number of hydrogen-bond acceptors (Lipinski definition) is 3. The highest BCUT2D eigenvalue weighted by molar-refractivity contribution is 5.73. The quantitative estimate of drug-likeness (QED) is 0.778. The molecular weight excluding hydrogens is 240 g/mol. The second-order valence-electron chi connectivity index (χ2n) is 5.58. The largest absolute Gasteiger partial charge is 0.487 e. The SMILES string of the molecule is CC(=O)N(C)C1CC(C)(C)Oc2ccc(C#N)cc21. The smallest absolute Gasteiger partial charge is 0.219 e. The molecule has 1 atom stereocenters. The predicted molar refractivity (Wildman–Crippen MR) is 71.7 cm³/mol. The van der Waals surface area contributed by atoms with Crippen LogP contribution in [0.2, 0.25) is 0 Å². The molecule has 2 rings (SSSR count). The molecule has 100 valence electrons. The molecule has 4 heteroatoms. The van der Waals surface area contributed by atoms with Gasteiger partial charge in [0.1, 0.15) is 11.4 Å². The Balaban J connectivity index is 2.51. The molecule has 0 spiro atoms. The maximum atomic E-state index is 11.6. The molecule has 1 aromatic carbocycles. The van der Waals surface area contributed by atoms with Crippen molar-refractivity contribution in [2.75, 3.05) is 7.05 Å². The Hall–Kier alpha value is -2.02. The van der Waals surface area contributed by atoms with E-state index >= 15 is 0 Å². The molecule has 0 bridgehead atoms. The third-order valence-corrected chi connectivity index (χ3v) is 3.53. The van der Waals surface area contributed by atoms with Crippen molar-refractivity contribution in [3.8, 4) is 11.8 Å². The van der Waals surface area contributed by atoms with Crippen LogP contribution in [0.4, 0.5) is 0 Å². The molecule has 1 aliphatic rings. The van der Waals surface area contributed by atoms with Crippen LogP contribution in [0.25, 0.3) is 0 Å². The van der Waals surface area contributed by atoms with Crippen LogP contribution < -0.4 is 4.74 Å². The zero-order valence-electron chi connectivity index (χ0n) is 11.7. The minimum Gasteiger partial charge on any atom is -0.487 e. The first-order chi connectivity index (χ1) is 8.84. The van der Waals surface area contributed by atoms with E-state index < -0.39 is 0 Å². The highest BCUT2D eigenvalue weighted by atomic mass is 16.5. The number of benzene rings is 1. The van der Waals surface area contributed by atoms with Crippen molar-refractivity contribution in [2.45, 2.75) is 38.8 Å². The summed E-state index contributed by atoms with van der Waals surface area (Å²) in [6.07, 6.45) is 0.713. The van der Waals surface area contributed by atoms with Crippen LogP contribution >= 0.6 is 0 Å². The summed E-state index contributed by atoms with van der Waals surface area (Å²) in [5, 5.41) is 9.00. The second-order valence-corrected chi connectivity index (χ2v) is 5.58. The highest BCUT2D eigenvalue weighted by Gasteiger charge is 2.36. The Labute approximate surface area is 113 Å². The summed E-state index contributed by atoms with van der Waals surface area (Å²) in [4.78, 5) is 13.4. The van der Waals surface area contributed by atoms with Gasteiger partial charge in [-0.1, -0.05) is 0 Å². The summed E-state index contributed by atoms with van der Waals surface area (Å²) in [7, 11) is 1.79. The summed E-state index contributed by atoms with van der Waals surface area (Å²) in [6, 6.07) is 7.45. The molecule has 1 heterocycles. The minimum atomic E-state index is -0.324. The lowest BCUT2D eigenvalue weighted by molar-refractivity contribution is -0.131. The van der Waals surface area contributed by atoms with E-state index in [1.807, 2.05) is 26.0 Å². The van der Waals surface area contributed by atoms with Gasteiger partial charge in [-0.15, -0.1) is 0 Å². The first-order valence-electron chi connectivity index (χ1n) is 6.30. The normalized spacial score (nSPS) is 19.8. The number of fused-ring (bicyclic) bond motifs is 1. The van der Waals surface area contributed by atoms with Gasteiger partial charge in [0.15, 0.2) is 0 Å². The van der Waals surface area contributed by atoms with E-state index in [2.05, 4.69) is 6.07 Å². The van der Waals surface area contributed by atoms with Gasteiger partial charge < -0.3 is 9.64 Å². The summed E-state index contributed by atoms with van der Waals surface area (Å²) in [5.41, 5.74) is 1.18. The third kappa shape index (κ3) is 2.55. The number of amides is 1. The van der Waals surface area contributed by atoms with Crippen molar-refractivity contribution >= 4 is 5.91 Å². The fourth-order valence-corrected chi connectivity index (χ4v) is 2.45. The molecule has 0 N–H and O–H groups in total. The summed E-state index contributed by atoms with van der Waals surface area (Å²) in [6.45, 7) is 5.57. The molecular formula is C15H18N2O2. The summed E-state index contributed by atoms with van der Waals surface area (Å²) in [5.74, 6) is 0.768. The third-order valence-electron chi connectivity index (χ3n) is 3.53. The fraction of sp³-hybridized carbons (Fsp3) is 0.467. The van der Waals surface area contributed by atoms with Gasteiger partial charge >= 0.3 is 0 Å². The van der Waals surface area contributed by atoms with Gasteiger partial charge in [0, 0.05) is 26.0 Å². The molecule has 1 aromatic rings. The van der Waals surface area contributed by atoms with Crippen LogP contribution in [0, 0.1) is 11.3 Å². The van der Waals surface area contributed by atoms with E-state index in [1.165, 1.54) is 0 Å².